The molecule has 0 atom stereocenters. The van der Waals surface area contributed by atoms with Crippen LogP contribution in [0.15, 0.2) is 66.9 Å². The van der Waals surface area contributed by atoms with E-state index in [-0.39, 0.29) is 17.7 Å². The predicted molar refractivity (Wildman–Crippen MR) is 147 cm³/mol. The fraction of sp³-hybridized carbons (Fsp3) is 0.355. The van der Waals surface area contributed by atoms with E-state index < -0.39 is 0 Å². The summed E-state index contributed by atoms with van der Waals surface area (Å²) in [7, 11) is 0. The highest BCUT2D eigenvalue weighted by Crippen LogP contribution is 2.37. The van der Waals surface area contributed by atoms with Gasteiger partial charge in [0, 0.05) is 24.7 Å². The zero-order valence-electron chi connectivity index (χ0n) is 22.0. The third kappa shape index (κ3) is 6.10. The van der Waals surface area contributed by atoms with Gasteiger partial charge in [0.15, 0.2) is 5.65 Å². The Morgan fingerprint density at radius 2 is 1.66 bits per heavy atom. The van der Waals surface area contributed by atoms with Gasteiger partial charge in [0.05, 0.1) is 6.61 Å². The third-order valence-corrected chi connectivity index (χ3v) is 7.43. The van der Waals surface area contributed by atoms with Crippen LogP contribution in [0, 0.1) is 12.8 Å². The van der Waals surface area contributed by atoms with Crippen LogP contribution in [-0.4, -0.2) is 33.1 Å². The smallest absolute Gasteiger partial charge is 0.306 e. The number of fused-ring (bicyclic) bond motifs is 1. The van der Waals surface area contributed by atoms with Crippen molar-refractivity contribution < 1.29 is 14.3 Å². The highest BCUT2D eigenvalue weighted by molar-refractivity contribution is 5.90. The van der Waals surface area contributed by atoms with E-state index in [0.717, 1.165) is 42.4 Å². The Balaban J connectivity index is 1.20. The molecule has 0 radical (unpaired) electrons. The van der Waals surface area contributed by atoms with E-state index in [1.165, 1.54) is 11.1 Å². The molecule has 1 aliphatic rings. The normalized spacial score (nSPS) is 17.3. The fourth-order valence-corrected chi connectivity index (χ4v) is 5.22. The summed E-state index contributed by atoms with van der Waals surface area (Å²) in [6.07, 6.45) is 6.78. The largest absolute Gasteiger partial charge is 0.466 e. The van der Waals surface area contributed by atoms with Crippen molar-refractivity contribution in [1.82, 2.24) is 19.9 Å². The number of esters is 1. The monoisotopic (exact) mass is 510 g/mol. The van der Waals surface area contributed by atoms with Crippen molar-refractivity contribution in [3.05, 3.63) is 89.4 Å². The van der Waals surface area contributed by atoms with Crippen molar-refractivity contribution in [2.45, 2.75) is 58.4 Å². The molecule has 2 aromatic carbocycles. The van der Waals surface area contributed by atoms with E-state index in [4.69, 9.17) is 4.74 Å². The van der Waals surface area contributed by atoms with Gasteiger partial charge in [-0.05, 0) is 80.2 Å². The van der Waals surface area contributed by atoms with Gasteiger partial charge in [-0.3, -0.25) is 9.59 Å². The Hall–Kier alpha value is -4.00. The summed E-state index contributed by atoms with van der Waals surface area (Å²) >= 11 is 0. The van der Waals surface area contributed by atoms with Gasteiger partial charge in [0.2, 0.25) is 5.82 Å². The highest BCUT2D eigenvalue weighted by atomic mass is 16.5. The number of hydrogen-bond acceptors (Lipinski definition) is 5. The number of benzene rings is 2. The lowest BCUT2D eigenvalue weighted by Crippen LogP contribution is -2.24. The van der Waals surface area contributed by atoms with Crippen LogP contribution < -0.4 is 5.32 Å². The van der Waals surface area contributed by atoms with Crippen molar-refractivity contribution in [1.29, 1.82) is 0 Å². The maximum Gasteiger partial charge on any atom is 0.306 e. The van der Waals surface area contributed by atoms with Crippen molar-refractivity contribution in [2.24, 2.45) is 5.92 Å². The second-order valence-electron chi connectivity index (χ2n) is 10.2. The van der Waals surface area contributed by atoms with Crippen LogP contribution in [0.2, 0.25) is 0 Å². The van der Waals surface area contributed by atoms with Gasteiger partial charge in [0.25, 0.3) is 5.91 Å². The summed E-state index contributed by atoms with van der Waals surface area (Å²) in [5, 5.41) is 7.31. The van der Waals surface area contributed by atoms with Crippen molar-refractivity contribution >= 4 is 17.5 Å². The van der Waals surface area contributed by atoms with Crippen LogP contribution in [0.5, 0.6) is 0 Å². The summed E-state index contributed by atoms with van der Waals surface area (Å²) in [6, 6.07) is 20.7. The minimum absolute atomic E-state index is 0.0698. The van der Waals surface area contributed by atoms with Gasteiger partial charge in [-0.2, -0.15) is 0 Å². The number of aryl methyl sites for hydroxylation is 1. The average molecular weight is 511 g/mol. The molecule has 2 heterocycles. The van der Waals surface area contributed by atoms with E-state index in [2.05, 4.69) is 39.7 Å². The van der Waals surface area contributed by atoms with Gasteiger partial charge < -0.3 is 10.1 Å². The maximum atomic E-state index is 12.6. The van der Waals surface area contributed by atoms with Gasteiger partial charge in [-0.1, -0.05) is 54.1 Å². The number of nitrogens with one attached hydrogen (secondary N) is 1. The number of hydrogen-bond donors (Lipinski definition) is 1. The average Bonchev–Trinajstić information content (AvgIpc) is 3.37. The molecule has 1 N–H and O–H groups in total. The minimum atomic E-state index is -0.294. The lowest BCUT2D eigenvalue weighted by molar-refractivity contribution is -0.144. The van der Waals surface area contributed by atoms with Gasteiger partial charge in [-0.25, -0.2) is 9.50 Å². The number of nitrogens with zero attached hydrogens (tertiary/aromatic N) is 3. The highest BCUT2D eigenvalue weighted by Gasteiger charge is 2.24. The molecule has 4 aromatic rings. The van der Waals surface area contributed by atoms with Crippen molar-refractivity contribution in [3.63, 3.8) is 0 Å². The molecule has 1 saturated carbocycles. The zero-order chi connectivity index (χ0) is 26.5. The zero-order valence-corrected chi connectivity index (χ0v) is 22.0. The minimum Gasteiger partial charge on any atom is -0.466 e. The SMILES string of the molecule is CCOC(=O)CC1CCC(c2ccc(-c3ccc4nc(C(=O)NCc5ccc(C)cc5)nn4c3)cc2)CC1. The lowest BCUT2D eigenvalue weighted by Gasteiger charge is -2.28. The first-order chi connectivity index (χ1) is 18.5. The fourth-order valence-electron chi connectivity index (χ4n) is 5.22. The predicted octanol–water partition coefficient (Wildman–Crippen LogP) is 5.86. The maximum absolute atomic E-state index is 12.6. The van der Waals surface area contributed by atoms with E-state index >= 15 is 0 Å². The Morgan fingerprint density at radius 1 is 0.947 bits per heavy atom. The van der Waals surface area contributed by atoms with Crippen LogP contribution in [0.3, 0.4) is 0 Å². The van der Waals surface area contributed by atoms with E-state index in [1.807, 2.05) is 56.4 Å². The molecule has 0 spiro atoms. The second-order valence-corrected chi connectivity index (χ2v) is 10.2. The number of aromatic nitrogens is 3. The first kappa shape index (κ1) is 25.6. The molecule has 5 rings (SSSR count). The van der Waals surface area contributed by atoms with Crippen molar-refractivity contribution in [2.75, 3.05) is 6.61 Å². The summed E-state index contributed by atoms with van der Waals surface area (Å²) in [5.74, 6) is 0.759. The number of carbonyl (C=O) groups is 2. The second kappa shape index (κ2) is 11.6. The summed E-state index contributed by atoms with van der Waals surface area (Å²) in [4.78, 5) is 28.8. The Labute approximate surface area is 223 Å². The number of ether oxygens (including phenoxy) is 1. The Morgan fingerprint density at radius 3 is 2.37 bits per heavy atom. The number of carbonyl (C=O) groups excluding carboxylic acids is 2. The van der Waals surface area contributed by atoms with Crippen LogP contribution >= 0.6 is 0 Å². The summed E-state index contributed by atoms with van der Waals surface area (Å²) < 4.78 is 6.77. The molecule has 38 heavy (non-hydrogen) atoms. The molecule has 1 aliphatic carbocycles. The standard InChI is InChI=1S/C31H34N4O3/c1-3-38-29(36)18-22-8-10-24(11-9-22)25-12-14-26(15-13-25)27-16-17-28-33-30(34-35(28)20-27)31(37)32-19-23-6-4-21(2)5-7-23/h4-7,12-17,20,22,24H,3,8-11,18-19H2,1-2H3,(H,32,37). The quantitative estimate of drug-likeness (QED) is 0.300. The van der Waals surface area contributed by atoms with Gasteiger partial charge in [-0.15, -0.1) is 5.10 Å². The number of rotatable bonds is 8. The third-order valence-electron chi connectivity index (χ3n) is 7.43. The molecule has 0 bridgehead atoms. The Kier molecular flexibility index (Phi) is 7.82. The number of amides is 1. The van der Waals surface area contributed by atoms with Crippen LogP contribution in [0.25, 0.3) is 16.8 Å². The molecule has 1 fully saturated rings. The molecule has 7 heteroatoms. The van der Waals surface area contributed by atoms with E-state index in [9.17, 15) is 9.59 Å². The molecule has 2 aromatic heterocycles. The molecular formula is C31H34N4O3. The molecule has 0 saturated heterocycles. The lowest BCUT2D eigenvalue weighted by atomic mass is 9.77. The van der Waals surface area contributed by atoms with Crippen molar-refractivity contribution in [3.8, 4) is 11.1 Å². The van der Waals surface area contributed by atoms with Gasteiger partial charge in [0.1, 0.15) is 0 Å². The first-order valence-corrected chi connectivity index (χ1v) is 13.4. The molecule has 0 unspecified atom stereocenters. The van der Waals surface area contributed by atoms with Crippen LogP contribution in [0.4, 0.5) is 0 Å². The van der Waals surface area contributed by atoms with E-state index in [0.29, 0.717) is 37.1 Å². The Bertz CT molecular complexity index is 1400. The molecule has 0 aliphatic heterocycles. The molecular weight excluding hydrogens is 476 g/mol. The van der Waals surface area contributed by atoms with E-state index in [1.54, 1.807) is 4.52 Å². The molecule has 1 amide bonds. The first-order valence-electron chi connectivity index (χ1n) is 13.4. The van der Waals surface area contributed by atoms with Gasteiger partial charge >= 0.3 is 5.97 Å². The summed E-state index contributed by atoms with van der Waals surface area (Å²) in [5.41, 5.74) is 6.29. The summed E-state index contributed by atoms with van der Waals surface area (Å²) in [6.45, 7) is 4.77. The van der Waals surface area contributed by atoms with Crippen LogP contribution in [0.1, 0.15) is 72.3 Å². The van der Waals surface area contributed by atoms with Crippen LogP contribution in [-0.2, 0) is 16.1 Å². The number of pyridine rings is 1. The topological polar surface area (TPSA) is 85.6 Å². The molecule has 196 valence electrons. The molecule has 7 nitrogen and oxygen atoms in total.